The van der Waals surface area contributed by atoms with E-state index in [-0.39, 0.29) is 5.82 Å². The van der Waals surface area contributed by atoms with Crippen LogP contribution in [-0.2, 0) is 10.3 Å². The van der Waals surface area contributed by atoms with Crippen LogP contribution in [0, 0.1) is 12.7 Å². The summed E-state index contributed by atoms with van der Waals surface area (Å²) in [5.74, 6) is 0.299. The Morgan fingerprint density at radius 3 is 2.40 bits per heavy atom. The lowest BCUT2D eigenvalue weighted by molar-refractivity contribution is 0.0598. The van der Waals surface area contributed by atoms with Crippen molar-refractivity contribution in [1.29, 1.82) is 0 Å². The number of piperidine rings is 1. The number of rotatable bonds is 5. The van der Waals surface area contributed by atoms with Crippen LogP contribution in [-0.4, -0.2) is 33.3 Å². The van der Waals surface area contributed by atoms with E-state index in [0.29, 0.717) is 28.2 Å². The SMILES string of the molecule is COC(=O)c1c2c(c3cc(OC)ccc3c1C)OC(c1ccc(N3CCCCC3)cc1)(c1ccccc1F)C=C2. The van der Waals surface area contributed by atoms with E-state index in [1.165, 1.54) is 32.4 Å². The van der Waals surface area contributed by atoms with Crippen LogP contribution in [0.2, 0.25) is 0 Å². The zero-order valence-electron chi connectivity index (χ0n) is 23.0. The Kier molecular flexibility index (Phi) is 6.70. The van der Waals surface area contributed by atoms with E-state index in [4.69, 9.17) is 14.2 Å². The molecule has 6 heteroatoms. The summed E-state index contributed by atoms with van der Waals surface area (Å²) in [6.07, 6.45) is 7.34. The second-order valence-corrected chi connectivity index (χ2v) is 10.4. The van der Waals surface area contributed by atoms with E-state index >= 15 is 4.39 Å². The van der Waals surface area contributed by atoms with Crippen molar-refractivity contribution in [1.82, 2.24) is 0 Å². The third-order valence-electron chi connectivity index (χ3n) is 8.19. The normalized spacial score (nSPS) is 18.2. The van der Waals surface area contributed by atoms with Gasteiger partial charge in [-0.2, -0.15) is 0 Å². The average molecular weight is 538 g/mol. The molecule has 0 aliphatic carbocycles. The van der Waals surface area contributed by atoms with Gasteiger partial charge in [-0.3, -0.25) is 0 Å². The fraction of sp³-hybridized carbons (Fsp3) is 0.265. The number of esters is 1. The van der Waals surface area contributed by atoms with Gasteiger partial charge in [-0.25, -0.2) is 9.18 Å². The van der Waals surface area contributed by atoms with Gasteiger partial charge in [0.25, 0.3) is 0 Å². The van der Waals surface area contributed by atoms with Crippen LogP contribution < -0.4 is 14.4 Å². The molecule has 204 valence electrons. The van der Waals surface area contributed by atoms with Crippen LogP contribution in [0.15, 0.2) is 72.8 Å². The molecule has 4 aromatic rings. The van der Waals surface area contributed by atoms with Crippen LogP contribution in [0.3, 0.4) is 0 Å². The van der Waals surface area contributed by atoms with Crippen LogP contribution in [0.1, 0.15) is 51.9 Å². The van der Waals surface area contributed by atoms with Gasteiger partial charge in [0.1, 0.15) is 17.3 Å². The first-order valence-corrected chi connectivity index (χ1v) is 13.7. The Morgan fingerprint density at radius 2 is 1.70 bits per heavy atom. The fourth-order valence-electron chi connectivity index (χ4n) is 6.08. The number of anilines is 1. The van der Waals surface area contributed by atoms with E-state index in [1.54, 1.807) is 19.2 Å². The Labute approximate surface area is 233 Å². The fourth-order valence-corrected chi connectivity index (χ4v) is 6.08. The van der Waals surface area contributed by atoms with Crippen molar-refractivity contribution >= 4 is 28.5 Å². The Bertz CT molecular complexity index is 1620. The number of carbonyl (C=O) groups is 1. The van der Waals surface area contributed by atoms with Crippen LogP contribution in [0.5, 0.6) is 11.5 Å². The van der Waals surface area contributed by atoms with Crippen LogP contribution in [0.4, 0.5) is 10.1 Å². The van der Waals surface area contributed by atoms with Crippen molar-refractivity contribution in [3.05, 3.63) is 106 Å². The first kappa shape index (κ1) is 25.9. The molecule has 1 saturated heterocycles. The molecule has 2 aliphatic rings. The Morgan fingerprint density at radius 1 is 0.950 bits per heavy atom. The lowest BCUT2D eigenvalue weighted by atomic mass is 9.81. The number of hydrogen-bond donors (Lipinski definition) is 0. The van der Waals surface area contributed by atoms with E-state index in [0.717, 1.165) is 40.7 Å². The maximum atomic E-state index is 15.6. The minimum Gasteiger partial charge on any atom is -0.497 e. The number of benzene rings is 4. The third kappa shape index (κ3) is 4.19. The highest BCUT2D eigenvalue weighted by Crippen LogP contribution is 2.48. The molecule has 0 radical (unpaired) electrons. The van der Waals surface area contributed by atoms with E-state index in [9.17, 15) is 4.79 Å². The van der Waals surface area contributed by atoms with E-state index in [1.807, 2.05) is 55.5 Å². The number of fused-ring (bicyclic) bond motifs is 3. The van der Waals surface area contributed by atoms with Crippen molar-refractivity contribution in [2.24, 2.45) is 0 Å². The summed E-state index contributed by atoms with van der Waals surface area (Å²) < 4.78 is 33.3. The number of ether oxygens (including phenoxy) is 3. The molecule has 1 fully saturated rings. The van der Waals surface area contributed by atoms with Gasteiger partial charge in [0.2, 0.25) is 0 Å². The number of nitrogens with zero attached hydrogens (tertiary/aromatic N) is 1. The molecule has 4 aromatic carbocycles. The molecule has 1 atom stereocenters. The Hall–Kier alpha value is -4.32. The quantitative estimate of drug-likeness (QED) is 0.248. The molecular formula is C34H32FNO4. The van der Waals surface area contributed by atoms with Gasteiger partial charge >= 0.3 is 5.97 Å². The highest BCUT2D eigenvalue weighted by molar-refractivity contribution is 6.06. The summed E-state index contributed by atoms with van der Waals surface area (Å²) in [6, 6.07) is 20.6. The van der Waals surface area contributed by atoms with Crippen molar-refractivity contribution < 1.29 is 23.4 Å². The summed E-state index contributed by atoms with van der Waals surface area (Å²) in [4.78, 5) is 15.4. The standard InChI is InChI=1S/C34H32FNO4/c1-22-26-16-15-25(38-2)21-28(26)32-27(31(22)33(37)39-3)17-18-34(40-32,29-9-5-6-10-30(29)35)23-11-13-24(14-12-23)36-19-7-4-8-20-36/h5-6,9-18,21H,4,7-8,19-20H2,1-3H3. The molecule has 0 amide bonds. The minimum absolute atomic E-state index is 0.377. The molecule has 5 nitrogen and oxygen atoms in total. The zero-order valence-corrected chi connectivity index (χ0v) is 23.0. The highest BCUT2D eigenvalue weighted by atomic mass is 19.1. The number of hydrogen-bond acceptors (Lipinski definition) is 5. The molecular weight excluding hydrogens is 505 g/mol. The summed E-state index contributed by atoms with van der Waals surface area (Å²) in [5, 5.41) is 1.60. The van der Waals surface area contributed by atoms with E-state index < -0.39 is 11.6 Å². The number of methoxy groups -OCH3 is 2. The number of aryl methyl sites for hydroxylation is 1. The summed E-state index contributed by atoms with van der Waals surface area (Å²) in [6.45, 7) is 3.96. The van der Waals surface area contributed by atoms with Gasteiger partial charge in [0.05, 0.1) is 19.8 Å². The first-order chi connectivity index (χ1) is 19.5. The van der Waals surface area contributed by atoms with Gasteiger partial charge in [-0.05, 0) is 79.6 Å². The number of halogens is 1. The molecule has 0 N–H and O–H groups in total. The largest absolute Gasteiger partial charge is 0.497 e. The molecule has 0 spiro atoms. The van der Waals surface area contributed by atoms with Crippen molar-refractivity contribution in [3.63, 3.8) is 0 Å². The lowest BCUT2D eigenvalue weighted by Gasteiger charge is -2.38. The van der Waals surface area contributed by atoms with Gasteiger partial charge in [-0.1, -0.05) is 36.4 Å². The molecule has 2 heterocycles. The van der Waals surface area contributed by atoms with Crippen LogP contribution in [0.25, 0.3) is 16.8 Å². The summed E-state index contributed by atoms with van der Waals surface area (Å²) >= 11 is 0. The summed E-state index contributed by atoms with van der Waals surface area (Å²) in [7, 11) is 2.98. The second kappa shape index (κ2) is 10.3. The second-order valence-electron chi connectivity index (χ2n) is 10.4. The molecule has 0 aromatic heterocycles. The molecule has 1 unspecified atom stereocenters. The third-order valence-corrected chi connectivity index (χ3v) is 8.19. The predicted octanol–water partition coefficient (Wildman–Crippen LogP) is 7.42. The maximum Gasteiger partial charge on any atom is 0.338 e. The topological polar surface area (TPSA) is 48.0 Å². The maximum absolute atomic E-state index is 15.6. The van der Waals surface area contributed by atoms with Crippen molar-refractivity contribution in [3.8, 4) is 11.5 Å². The van der Waals surface area contributed by atoms with Gasteiger partial charge in [0, 0.05) is 40.9 Å². The first-order valence-electron chi connectivity index (χ1n) is 13.7. The van der Waals surface area contributed by atoms with Crippen molar-refractivity contribution in [2.45, 2.75) is 31.8 Å². The summed E-state index contributed by atoms with van der Waals surface area (Å²) in [5.41, 5.74) is 2.86. The lowest BCUT2D eigenvalue weighted by Crippen LogP contribution is -2.36. The highest BCUT2D eigenvalue weighted by Gasteiger charge is 2.41. The predicted molar refractivity (Wildman–Crippen MR) is 156 cm³/mol. The van der Waals surface area contributed by atoms with Gasteiger partial charge in [0.15, 0.2) is 5.60 Å². The monoisotopic (exact) mass is 537 g/mol. The smallest absolute Gasteiger partial charge is 0.338 e. The Balaban J connectivity index is 1.58. The molecule has 6 rings (SSSR count). The van der Waals surface area contributed by atoms with Crippen LogP contribution >= 0.6 is 0 Å². The van der Waals surface area contributed by atoms with Crippen molar-refractivity contribution in [2.75, 3.05) is 32.2 Å². The molecule has 2 aliphatic heterocycles. The minimum atomic E-state index is -1.27. The average Bonchev–Trinajstić information content (AvgIpc) is 3.01. The molecule has 0 saturated carbocycles. The van der Waals surface area contributed by atoms with E-state index in [2.05, 4.69) is 17.0 Å². The van der Waals surface area contributed by atoms with Gasteiger partial charge in [-0.15, -0.1) is 0 Å². The molecule has 0 bridgehead atoms. The zero-order chi connectivity index (χ0) is 27.9. The number of carbonyl (C=O) groups excluding carboxylic acids is 1. The van der Waals surface area contributed by atoms with Gasteiger partial charge < -0.3 is 19.1 Å². The molecule has 40 heavy (non-hydrogen) atoms.